The van der Waals surface area contributed by atoms with Gasteiger partial charge < -0.3 is 5.32 Å². The molecule has 0 saturated heterocycles. The Balaban J connectivity index is 1.23. The summed E-state index contributed by atoms with van der Waals surface area (Å²) in [6, 6.07) is 8.25. The SMILES string of the molecule is C[C@H](NC(=O)CSc1ncnc2ccccc12)C12CC3CC(CC(C3)C1)C2. The van der Waals surface area contributed by atoms with Crippen molar-refractivity contribution in [1.82, 2.24) is 15.3 Å². The number of benzene rings is 1. The number of hydrogen-bond donors (Lipinski definition) is 1. The molecule has 2 aromatic rings. The van der Waals surface area contributed by atoms with Crippen LogP contribution >= 0.6 is 11.8 Å². The van der Waals surface area contributed by atoms with E-state index in [2.05, 4.69) is 22.2 Å². The van der Waals surface area contributed by atoms with Gasteiger partial charge in [0, 0.05) is 11.4 Å². The lowest BCUT2D eigenvalue weighted by atomic mass is 9.48. The van der Waals surface area contributed by atoms with Gasteiger partial charge >= 0.3 is 0 Å². The minimum atomic E-state index is 0.130. The topological polar surface area (TPSA) is 54.9 Å². The molecule has 142 valence electrons. The summed E-state index contributed by atoms with van der Waals surface area (Å²) in [5.41, 5.74) is 1.29. The Labute approximate surface area is 164 Å². The van der Waals surface area contributed by atoms with Crippen molar-refractivity contribution in [3.05, 3.63) is 30.6 Å². The van der Waals surface area contributed by atoms with Crippen LogP contribution in [0.5, 0.6) is 0 Å². The van der Waals surface area contributed by atoms with Gasteiger partial charge in [-0.05, 0) is 74.7 Å². The number of nitrogens with zero attached hydrogens (tertiary/aromatic N) is 2. The smallest absolute Gasteiger partial charge is 0.230 e. The Morgan fingerprint density at radius 1 is 1.15 bits per heavy atom. The van der Waals surface area contributed by atoms with Gasteiger partial charge in [0.2, 0.25) is 5.91 Å². The van der Waals surface area contributed by atoms with Crippen molar-refractivity contribution in [1.29, 1.82) is 0 Å². The molecule has 1 heterocycles. The van der Waals surface area contributed by atoms with Crippen LogP contribution in [-0.2, 0) is 4.79 Å². The van der Waals surface area contributed by atoms with Gasteiger partial charge in [0.05, 0.1) is 11.3 Å². The van der Waals surface area contributed by atoms with Gasteiger partial charge in [-0.1, -0.05) is 30.0 Å². The molecule has 5 heteroatoms. The molecule has 4 aliphatic carbocycles. The molecule has 1 N–H and O–H groups in total. The standard InChI is InChI=1S/C22H27N3OS/c1-14(22-9-15-6-16(10-22)8-17(7-15)11-22)25-20(26)12-27-21-18-4-2-3-5-19(18)23-13-24-21/h2-5,13-17H,6-12H2,1H3,(H,25,26)/t14-,15?,16?,17?,22?/m0/s1. The van der Waals surface area contributed by atoms with Crippen LogP contribution in [0.25, 0.3) is 10.9 Å². The molecular formula is C22H27N3OS. The van der Waals surface area contributed by atoms with Gasteiger partial charge in [-0.3, -0.25) is 4.79 Å². The summed E-state index contributed by atoms with van der Waals surface area (Å²) in [7, 11) is 0. The second kappa shape index (κ2) is 6.77. The third-order valence-corrected chi connectivity index (χ3v) is 8.23. The van der Waals surface area contributed by atoms with Crippen molar-refractivity contribution in [3.63, 3.8) is 0 Å². The van der Waals surface area contributed by atoms with Gasteiger partial charge in [-0.15, -0.1) is 0 Å². The highest BCUT2D eigenvalue weighted by molar-refractivity contribution is 8.00. The molecule has 27 heavy (non-hydrogen) atoms. The number of hydrogen-bond acceptors (Lipinski definition) is 4. The molecule has 4 bridgehead atoms. The Morgan fingerprint density at radius 2 is 1.81 bits per heavy atom. The highest BCUT2D eigenvalue weighted by Gasteiger charge is 2.53. The lowest BCUT2D eigenvalue weighted by Gasteiger charge is -2.59. The number of amides is 1. The quantitative estimate of drug-likeness (QED) is 0.614. The Bertz CT molecular complexity index is 827. The Kier molecular flexibility index (Phi) is 4.38. The van der Waals surface area contributed by atoms with Gasteiger partial charge in [-0.25, -0.2) is 9.97 Å². The molecule has 4 nitrogen and oxygen atoms in total. The molecule has 1 atom stereocenters. The average molecular weight is 382 g/mol. The maximum atomic E-state index is 12.7. The zero-order chi connectivity index (χ0) is 18.4. The molecule has 1 aromatic carbocycles. The van der Waals surface area contributed by atoms with E-state index in [4.69, 9.17) is 0 Å². The number of nitrogens with one attached hydrogen (secondary N) is 1. The summed E-state index contributed by atoms with van der Waals surface area (Å²) in [5.74, 6) is 3.29. The summed E-state index contributed by atoms with van der Waals surface area (Å²) < 4.78 is 0. The molecular weight excluding hydrogens is 354 g/mol. The second-order valence-corrected chi connectivity index (χ2v) is 10.0. The van der Waals surface area contributed by atoms with Gasteiger partial charge in [0.1, 0.15) is 11.4 Å². The van der Waals surface area contributed by atoms with Gasteiger partial charge in [0.15, 0.2) is 0 Å². The van der Waals surface area contributed by atoms with Crippen LogP contribution in [0.15, 0.2) is 35.6 Å². The molecule has 0 spiro atoms. The van der Waals surface area contributed by atoms with E-state index in [9.17, 15) is 4.79 Å². The van der Waals surface area contributed by atoms with Crippen molar-refractivity contribution in [2.24, 2.45) is 23.2 Å². The van der Waals surface area contributed by atoms with E-state index < -0.39 is 0 Å². The zero-order valence-electron chi connectivity index (χ0n) is 15.9. The van der Waals surface area contributed by atoms with E-state index in [1.807, 2.05) is 24.3 Å². The van der Waals surface area contributed by atoms with Crippen molar-refractivity contribution < 1.29 is 4.79 Å². The van der Waals surface area contributed by atoms with E-state index in [1.54, 1.807) is 6.33 Å². The minimum Gasteiger partial charge on any atom is -0.352 e. The number of rotatable bonds is 5. The third-order valence-electron chi connectivity index (χ3n) is 7.23. The number of carbonyl (C=O) groups excluding carboxylic acids is 1. The molecule has 4 fully saturated rings. The first kappa shape index (κ1) is 17.5. The fourth-order valence-electron chi connectivity index (χ4n) is 6.37. The Morgan fingerprint density at radius 3 is 2.52 bits per heavy atom. The van der Waals surface area contributed by atoms with Crippen LogP contribution in [0.1, 0.15) is 45.4 Å². The zero-order valence-corrected chi connectivity index (χ0v) is 16.7. The van der Waals surface area contributed by atoms with Gasteiger partial charge in [0.25, 0.3) is 0 Å². The number of fused-ring (bicyclic) bond motifs is 1. The lowest BCUT2D eigenvalue weighted by molar-refractivity contribution is -0.123. The largest absolute Gasteiger partial charge is 0.352 e. The van der Waals surface area contributed by atoms with E-state index in [-0.39, 0.29) is 11.9 Å². The Hall–Kier alpha value is -1.62. The lowest BCUT2D eigenvalue weighted by Crippen LogP contribution is -2.56. The number of para-hydroxylation sites is 1. The predicted molar refractivity (Wildman–Crippen MR) is 108 cm³/mol. The molecule has 6 rings (SSSR count). The number of thioether (sulfide) groups is 1. The van der Waals surface area contributed by atoms with Crippen LogP contribution in [0.2, 0.25) is 0 Å². The van der Waals surface area contributed by atoms with E-state index in [0.717, 1.165) is 33.7 Å². The summed E-state index contributed by atoms with van der Waals surface area (Å²) in [6.07, 6.45) is 9.88. The van der Waals surface area contributed by atoms with Crippen LogP contribution in [0.4, 0.5) is 0 Å². The number of aromatic nitrogens is 2. The maximum absolute atomic E-state index is 12.7. The molecule has 1 amide bonds. The van der Waals surface area contributed by atoms with Crippen LogP contribution in [0.3, 0.4) is 0 Å². The third kappa shape index (κ3) is 3.24. The summed E-state index contributed by atoms with van der Waals surface area (Å²) in [4.78, 5) is 21.4. The highest BCUT2D eigenvalue weighted by atomic mass is 32.2. The molecule has 1 aromatic heterocycles. The predicted octanol–water partition coefficient (Wildman–Crippen LogP) is 4.44. The van der Waals surface area contributed by atoms with E-state index in [1.165, 1.54) is 50.3 Å². The first-order valence-corrected chi connectivity index (χ1v) is 11.2. The fraction of sp³-hybridized carbons (Fsp3) is 0.591. The molecule has 4 saturated carbocycles. The van der Waals surface area contributed by atoms with Gasteiger partial charge in [-0.2, -0.15) is 0 Å². The first-order chi connectivity index (χ1) is 13.1. The molecule has 4 aliphatic rings. The maximum Gasteiger partial charge on any atom is 0.230 e. The molecule has 0 unspecified atom stereocenters. The first-order valence-electron chi connectivity index (χ1n) is 10.2. The van der Waals surface area contributed by atoms with E-state index >= 15 is 0 Å². The summed E-state index contributed by atoms with van der Waals surface area (Å²) in [5, 5.41) is 5.26. The van der Waals surface area contributed by atoms with Crippen molar-refractivity contribution in [3.8, 4) is 0 Å². The van der Waals surface area contributed by atoms with Crippen molar-refractivity contribution in [2.45, 2.75) is 56.5 Å². The minimum absolute atomic E-state index is 0.130. The highest BCUT2D eigenvalue weighted by Crippen LogP contribution is 2.61. The van der Waals surface area contributed by atoms with Crippen LogP contribution < -0.4 is 5.32 Å². The average Bonchev–Trinajstić information content (AvgIpc) is 2.65. The summed E-state index contributed by atoms with van der Waals surface area (Å²) >= 11 is 1.51. The molecule has 0 radical (unpaired) electrons. The summed E-state index contributed by atoms with van der Waals surface area (Å²) in [6.45, 7) is 2.25. The fourth-order valence-corrected chi connectivity index (χ4v) is 7.17. The van der Waals surface area contributed by atoms with Crippen LogP contribution in [-0.4, -0.2) is 27.7 Å². The van der Waals surface area contributed by atoms with E-state index in [0.29, 0.717) is 11.2 Å². The van der Waals surface area contributed by atoms with Crippen molar-refractivity contribution >= 4 is 28.6 Å². The normalized spacial score (nSPS) is 32.6. The number of carbonyl (C=O) groups is 1. The second-order valence-electron chi connectivity index (χ2n) is 9.05. The molecule has 0 aliphatic heterocycles. The monoisotopic (exact) mass is 381 g/mol. The van der Waals surface area contributed by atoms with Crippen LogP contribution in [0, 0.1) is 23.2 Å². The van der Waals surface area contributed by atoms with Crippen molar-refractivity contribution in [2.75, 3.05) is 5.75 Å².